The van der Waals surface area contributed by atoms with Gasteiger partial charge in [-0.25, -0.2) is 0 Å². The molecule has 0 N–H and O–H groups in total. The van der Waals surface area contributed by atoms with Crippen molar-refractivity contribution >= 4 is 0 Å². The number of hydrogen-bond donors (Lipinski definition) is 0. The van der Waals surface area contributed by atoms with E-state index in [1.807, 2.05) is 41.5 Å². The van der Waals surface area contributed by atoms with E-state index >= 15 is 0 Å². The molecule has 0 fully saturated rings. The third-order valence-electron chi connectivity index (χ3n) is 8.66. The van der Waals surface area contributed by atoms with Gasteiger partial charge in [0, 0.05) is 0 Å². The molecule has 0 amide bonds. The molecule has 5 atom stereocenters. The molecule has 0 bridgehead atoms. The number of hydrogen-bond acceptors (Lipinski definition) is 0. The Morgan fingerprint density at radius 1 is 0.595 bits per heavy atom. The van der Waals surface area contributed by atoms with Crippen molar-refractivity contribution in [2.75, 3.05) is 0 Å². The van der Waals surface area contributed by atoms with Gasteiger partial charge in [-0.2, -0.15) is 0 Å². The van der Waals surface area contributed by atoms with Crippen molar-refractivity contribution in [1.29, 1.82) is 0 Å². The first kappa shape index (κ1) is 49.9. The molecule has 0 aliphatic rings. The summed E-state index contributed by atoms with van der Waals surface area (Å²) >= 11 is 0. The monoisotopic (exact) mass is 531 g/mol. The van der Waals surface area contributed by atoms with E-state index in [2.05, 4.69) is 83.1 Å². The molecule has 0 aromatic heterocycles. The van der Waals surface area contributed by atoms with Gasteiger partial charge >= 0.3 is 0 Å². The van der Waals surface area contributed by atoms with Crippen LogP contribution in [0, 0.1) is 40.9 Å². The van der Waals surface area contributed by atoms with Crippen LogP contribution >= 0.6 is 0 Å². The van der Waals surface area contributed by atoms with Crippen molar-refractivity contribution in [3.63, 3.8) is 0 Å². The fraction of sp³-hybridized carbons (Fsp3) is 1.00. The second kappa shape index (κ2) is 36.0. The van der Waals surface area contributed by atoms with Gasteiger partial charge in [-0.05, 0) is 47.3 Å². The largest absolute Gasteiger partial charge is 0.0776 e. The Morgan fingerprint density at radius 2 is 1.08 bits per heavy atom. The van der Waals surface area contributed by atoms with Crippen molar-refractivity contribution in [3.8, 4) is 0 Å². The molecule has 0 heterocycles. The van der Waals surface area contributed by atoms with Crippen LogP contribution in [0.1, 0.15) is 203 Å². The normalized spacial score (nSPS) is 14.9. The Hall–Kier alpha value is 0. The van der Waals surface area contributed by atoms with Gasteiger partial charge in [0.05, 0.1) is 0 Å². The Morgan fingerprint density at radius 3 is 1.41 bits per heavy atom. The van der Waals surface area contributed by atoms with Crippen LogP contribution in [0.2, 0.25) is 0 Å². The molecule has 37 heavy (non-hydrogen) atoms. The van der Waals surface area contributed by atoms with E-state index in [9.17, 15) is 0 Å². The van der Waals surface area contributed by atoms with Crippen molar-refractivity contribution in [2.24, 2.45) is 40.9 Å². The summed E-state index contributed by atoms with van der Waals surface area (Å²) in [6.45, 7) is 40.6. The highest BCUT2D eigenvalue weighted by molar-refractivity contribution is 4.83. The van der Waals surface area contributed by atoms with Gasteiger partial charge in [0.25, 0.3) is 0 Å². The molecule has 0 rings (SSSR count). The summed E-state index contributed by atoms with van der Waals surface area (Å²) in [5.74, 6) is 5.28. The van der Waals surface area contributed by atoms with Crippen LogP contribution in [0.15, 0.2) is 0 Å². The summed E-state index contributed by atoms with van der Waals surface area (Å²) in [5, 5.41) is 0. The van der Waals surface area contributed by atoms with Crippen LogP contribution in [-0.4, -0.2) is 0 Å². The molecule has 5 unspecified atom stereocenters. The Kier molecular flexibility index (Phi) is 48.5. The quantitative estimate of drug-likeness (QED) is 0.174. The van der Waals surface area contributed by atoms with Crippen molar-refractivity contribution in [3.05, 3.63) is 0 Å². The molecule has 0 aliphatic heterocycles. The predicted octanol–water partition coefficient (Wildman–Crippen LogP) is 14.9. The van der Waals surface area contributed by atoms with Gasteiger partial charge in [0.15, 0.2) is 0 Å². The highest BCUT2D eigenvalue weighted by atomic mass is 14.4. The molecule has 0 spiro atoms. The standard InChI is InChI=1S/C20H42.C10H22.3C2H6.CH4/c1-9-17(5)18(6)19(7)20(8,10-2)15-13-11-12-14-16(3)4;1-5-7-8-10(6-2)9(3)4;3*1-2;/h16-19H,9-15H2,1-8H3;9-10H,5-8H2,1-4H3;3*1-2H3;1H4. The molecule has 0 saturated carbocycles. The van der Waals surface area contributed by atoms with Crippen LogP contribution in [0.3, 0.4) is 0 Å². The van der Waals surface area contributed by atoms with Gasteiger partial charge in [0.1, 0.15) is 0 Å². The average Bonchev–Trinajstić information content (AvgIpc) is 2.90. The Balaban J connectivity index is -0.000000119. The SMILES string of the molecule is C.CC.CC.CC.CCC(C)C(C)C(C)C(C)(CC)CCCCCC(C)C.CCCCC(CC)C(C)C. The fourth-order valence-electron chi connectivity index (χ4n) is 4.96. The lowest BCUT2D eigenvalue weighted by Crippen LogP contribution is -2.32. The van der Waals surface area contributed by atoms with Crippen molar-refractivity contribution in [2.45, 2.75) is 203 Å². The zero-order chi connectivity index (χ0) is 29.7. The summed E-state index contributed by atoms with van der Waals surface area (Å²) in [6, 6.07) is 0. The van der Waals surface area contributed by atoms with Crippen LogP contribution < -0.4 is 0 Å². The first-order valence-corrected chi connectivity index (χ1v) is 17.0. The Bertz CT molecular complexity index is 355. The van der Waals surface area contributed by atoms with Crippen LogP contribution in [-0.2, 0) is 0 Å². The summed E-state index contributed by atoms with van der Waals surface area (Å²) in [6.07, 6.45) is 15.3. The zero-order valence-corrected chi connectivity index (χ0v) is 29.7. The van der Waals surface area contributed by atoms with E-state index in [1.54, 1.807) is 0 Å². The molecule has 234 valence electrons. The first-order valence-electron chi connectivity index (χ1n) is 17.0. The molecule has 0 saturated heterocycles. The molecule has 0 radical (unpaired) electrons. The lowest BCUT2D eigenvalue weighted by Gasteiger charge is -2.41. The van der Waals surface area contributed by atoms with Gasteiger partial charge in [-0.15, -0.1) is 0 Å². The minimum atomic E-state index is 0. The van der Waals surface area contributed by atoms with Crippen LogP contribution in [0.5, 0.6) is 0 Å². The second-order valence-corrected chi connectivity index (χ2v) is 11.6. The minimum absolute atomic E-state index is 0. The third-order valence-corrected chi connectivity index (χ3v) is 8.66. The van der Waals surface area contributed by atoms with E-state index < -0.39 is 0 Å². The highest BCUT2D eigenvalue weighted by Gasteiger charge is 2.33. The number of rotatable bonds is 16. The first-order chi connectivity index (χ1) is 17.0. The van der Waals surface area contributed by atoms with E-state index in [0.29, 0.717) is 5.41 Å². The third kappa shape index (κ3) is 28.8. The molecule has 0 aromatic rings. The zero-order valence-electron chi connectivity index (χ0n) is 29.7. The molecule has 0 heteroatoms. The summed E-state index contributed by atoms with van der Waals surface area (Å²) in [7, 11) is 0. The maximum atomic E-state index is 2.54. The summed E-state index contributed by atoms with van der Waals surface area (Å²) < 4.78 is 0. The maximum Gasteiger partial charge on any atom is -0.0300 e. The van der Waals surface area contributed by atoms with E-state index in [1.165, 1.54) is 70.6 Å². The molecule has 0 nitrogen and oxygen atoms in total. The number of unbranched alkanes of at least 4 members (excludes halogenated alkanes) is 3. The Labute approximate surface area is 243 Å². The summed E-state index contributed by atoms with van der Waals surface area (Å²) in [4.78, 5) is 0. The molecular weight excluding hydrogens is 444 g/mol. The van der Waals surface area contributed by atoms with E-state index in [0.717, 1.165) is 35.5 Å². The van der Waals surface area contributed by atoms with E-state index in [4.69, 9.17) is 0 Å². The highest BCUT2D eigenvalue weighted by Crippen LogP contribution is 2.43. The predicted molar refractivity (Wildman–Crippen MR) is 183 cm³/mol. The molecule has 0 aromatic carbocycles. The maximum absolute atomic E-state index is 2.54. The van der Waals surface area contributed by atoms with Gasteiger partial charge < -0.3 is 0 Å². The van der Waals surface area contributed by atoms with Gasteiger partial charge in [-0.3, -0.25) is 0 Å². The molecule has 0 aliphatic carbocycles. The minimum Gasteiger partial charge on any atom is -0.0776 e. The second-order valence-electron chi connectivity index (χ2n) is 11.6. The van der Waals surface area contributed by atoms with Gasteiger partial charge in [-0.1, -0.05) is 196 Å². The van der Waals surface area contributed by atoms with Crippen LogP contribution in [0.25, 0.3) is 0 Å². The average molecular weight is 531 g/mol. The topological polar surface area (TPSA) is 0 Å². The van der Waals surface area contributed by atoms with Crippen LogP contribution in [0.4, 0.5) is 0 Å². The van der Waals surface area contributed by atoms with E-state index in [-0.39, 0.29) is 7.43 Å². The van der Waals surface area contributed by atoms with Crippen molar-refractivity contribution in [1.82, 2.24) is 0 Å². The lowest BCUT2D eigenvalue weighted by molar-refractivity contribution is 0.0912. The fourth-order valence-corrected chi connectivity index (χ4v) is 4.96. The lowest BCUT2D eigenvalue weighted by atomic mass is 9.65. The molecular formula is C37H86. The van der Waals surface area contributed by atoms with Crippen molar-refractivity contribution < 1.29 is 0 Å². The summed E-state index contributed by atoms with van der Waals surface area (Å²) in [5.41, 5.74) is 0.542. The van der Waals surface area contributed by atoms with Gasteiger partial charge in [0.2, 0.25) is 0 Å². The smallest absolute Gasteiger partial charge is 0.0300 e.